The molecule has 0 fully saturated rings. The molecule has 4 heteroatoms. The highest BCUT2D eigenvalue weighted by atomic mass is 79.9. The molecule has 0 heterocycles. The topological polar surface area (TPSA) is 41.1 Å². The smallest absolute Gasteiger partial charge is 0.236 e. The zero-order valence-corrected chi connectivity index (χ0v) is 12.8. The van der Waals surface area contributed by atoms with E-state index in [4.69, 9.17) is 0 Å². The molecule has 100 valence electrons. The Balaban J connectivity index is 2.50. The number of nitrogens with one attached hydrogen (secondary N) is 2. The molecule has 0 saturated carbocycles. The van der Waals surface area contributed by atoms with Gasteiger partial charge < -0.3 is 5.32 Å². The molecule has 1 unspecified atom stereocenters. The van der Waals surface area contributed by atoms with Gasteiger partial charge in [0.15, 0.2) is 0 Å². The Bertz CT molecular complexity index is 378. The fraction of sp³-hybridized carbons (Fsp3) is 0.500. The van der Waals surface area contributed by atoms with Crippen molar-refractivity contribution in [2.24, 2.45) is 0 Å². The second-order valence-corrected chi connectivity index (χ2v) is 5.37. The maximum absolute atomic E-state index is 11.7. The van der Waals surface area contributed by atoms with Gasteiger partial charge in [-0.3, -0.25) is 10.1 Å². The van der Waals surface area contributed by atoms with Crippen molar-refractivity contribution in [3.8, 4) is 0 Å². The van der Waals surface area contributed by atoms with Crippen LogP contribution in [0.1, 0.15) is 38.8 Å². The van der Waals surface area contributed by atoms with Gasteiger partial charge in [0.1, 0.15) is 0 Å². The Morgan fingerprint density at radius 2 is 1.89 bits per heavy atom. The molecule has 0 aliphatic rings. The minimum Gasteiger partial charge on any atom is -0.355 e. The van der Waals surface area contributed by atoms with Crippen LogP contribution in [0.4, 0.5) is 0 Å². The summed E-state index contributed by atoms with van der Waals surface area (Å²) in [5.74, 6) is 0.0563. The Morgan fingerprint density at radius 1 is 1.28 bits per heavy atom. The third-order valence-corrected chi connectivity index (χ3v) is 3.34. The van der Waals surface area contributed by atoms with Crippen LogP contribution in [0.5, 0.6) is 0 Å². The van der Waals surface area contributed by atoms with Crippen LogP contribution in [0.3, 0.4) is 0 Å². The molecule has 18 heavy (non-hydrogen) atoms. The number of rotatable bonds is 6. The van der Waals surface area contributed by atoms with E-state index >= 15 is 0 Å². The van der Waals surface area contributed by atoms with Crippen LogP contribution >= 0.6 is 15.9 Å². The normalized spacial score (nSPS) is 14.0. The standard InChI is InChI=1S/C14H21BrN2O/c1-4-9-16-14(18)11(3)17-10(2)12-5-7-13(15)8-6-12/h5-8,10-11,17H,4,9H2,1-3H3,(H,16,18)/t10-,11?/m1/s1. The first-order chi connectivity index (χ1) is 8.54. The number of benzene rings is 1. The molecular formula is C14H21BrN2O. The Morgan fingerprint density at radius 3 is 2.44 bits per heavy atom. The molecule has 1 aromatic carbocycles. The number of carbonyl (C=O) groups excluding carboxylic acids is 1. The first-order valence-corrected chi connectivity index (χ1v) is 7.13. The lowest BCUT2D eigenvalue weighted by molar-refractivity contribution is -0.122. The van der Waals surface area contributed by atoms with Gasteiger partial charge in [-0.15, -0.1) is 0 Å². The van der Waals surface area contributed by atoms with Gasteiger partial charge in [-0.2, -0.15) is 0 Å². The van der Waals surface area contributed by atoms with E-state index in [0.717, 1.165) is 17.4 Å². The molecule has 0 radical (unpaired) electrons. The predicted octanol–water partition coefficient (Wildman–Crippen LogP) is 3.01. The van der Waals surface area contributed by atoms with Crippen LogP contribution < -0.4 is 10.6 Å². The van der Waals surface area contributed by atoms with Crippen molar-refractivity contribution in [1.29, 1.82) is 0 Å². The van der Waals surface area contributed by atoms with E-state index in [0.29, 0.717) is 0 Å². The minimum atomic E-state index is -0.185. The quantitative estimate of drug-likeness (QED) is 0.847. The largest absolute Gasteiger partial charge is 0.355 e. The van der Waals surface area contributed by atoms with E-state index in [-0.39, 0.29) is 18.0 Å². The van der Waals surface area contributed by atoms with E-state index in [1.165, 1.54) is 5.56 Å². The van der Waals surface area contributed by atoms with Crippen molar-refractivity contribution in [1.82, 2.24) is 10.6 Å². The summed E-state index contributed by atoms with van der Waals surface area (Å²) in [7, 11) is 0. The first kappa shape index (κ1) is 15.2. The summed E-state index contributed by atoms with van der Waals surface area (Å²) in [4.78, 5) is 11.7. The third kappa shape index (κ3) is 4.78. The SMILES string of the molecule is CCCNC(=O)C(C)N[C@H](C)c1ccc(Br)cc1. The van der Waals surface area contributed by atoms with Crippen LogP contribution in [0.25, 0.3) is 0 Å². The second kappa shape index (κ2) is 7.54. The fourth-order valence-electron chi connectivity index (χ4n) is 1.70. The van der Waals surface area contributed by atoms with Crippen LogP contribution in [0, 0.1) is 0 Å². The van der Waals surface area contributed by atoms with Crippen LogP contribution in [0.2, 0.25) is 0 Å². The molecule has 0 aliphatic heterocycles. The third-order valence-electron chi connectivity index (χ3n) is 2.81. The maximum atomic E-state index is 11.7. The van der Waals surface area contributed by atoms with Crippen LogP contribution in [-0.2, 0) is 4.79 Å². The summed E-state index contributed by atoms with van der Waals surface area (Å²) >= 11 is 3.41. The number of hydrogen-bond donors (Lipinski definition) is 2. The van der Waals surface area contributed by atoms with Gasteiger partial charge in [0, 0.05) is 17.1 Å². The zero-order chi connectivity index (χ0) is 13.5. The number of hydrogen-bond acceptors (Lipinski definition) is 2. The molecule has 1 rings (SSSR count). The first-order valence-electron chi connectivity index (χ1n) is 6.33. The highest BCUT2D eigenvalue weighted by molar-refractivity contribution is 9.10. The van der Waals surface area contributed by atoms with Gasteiger partial charge in [0.2, 0.25) is 5.91 Å². The van der Waals surface area contributed by atoms with Gasteiger partial charge in [-0.05, 0) is 38.0 Å². The number of amides is 1. The molecule has 2 atom stereocenters. The molecule has 0 spiro atoms. The lowest BCUT2D eigenvalue weighted by atomic mass is 10.1. The van der Waals surface area contributed by atoms with Crippen molar-refractivity contribution < 1.29 is 4.79 Å². The summed E-state index contributed by atoms with van der Waals surface area (Å²) in [6, 6.07) is 8.09. The van der Waals surface area contributed by atoms with E-state index < -0.39 is 0 Å². The second-order valence-electron chi connectivity index (χ2n) is 4.45. The molecule has 3 nitrogen and oxygen atoms in total. The van der Waals surface area contributed by atoms with Crippen molar-refractivity contribution >= 4 is 21.8 Å². The summed E-state index contributed by atoms with van der Waals surface area (Å²) in [6.07, 6.45) is 0.959. The van der Waals surface area contributed by atoms with Crippen molar-refractivity contribution in [2.75, 3.05) is 6.54 Å². The Hall–Kier alpha value is -0.870. The van der Waals surface area contributed by atoms with E-state index in [9.17, 15) is 4.79 Å². The number of carbonyl (C=O) groups is 1. The Labute approximate surface area is 117 Å². The van der Waals surface area contributed by atoms with Crippen LogP contribution in [-0.4, -0.2) is 18.5 Å². The van der Waals surface area contributed by atoms with Crippen molar-refractivity contribution in [2.45, 2.75) is 39.3 Å². The molecule has 0 aliphatic carbocycles. The summed E-state index contributed by atoms with van der Waals surface area (Å²) in [6.45, 7) is 6.73. The lowest BCUT2D eigenvalue weighted by Crippen LogP contribution is -2.43. The summed E-state index contributed by atoms with van der Waals surface area (Å²) < 4.78 is 1.06. The molecule has 2 N–H and O–H groups in total. The highest BCUT2D eigenvalue weighted by Crippen LogP contribution is 2.16. The Kier molecular flexibility index (Phi) is 6.36. The summed E-state index contributed by atoms with van der Waals surface area (Å²) in [5.41, 5.74) is 1.17. The van der Waals surface area contributed by atoms with E-state index in [2.05, 4.69) is 45.6 Å². The molecule has 0 saturated heterocycles. The monoisotopic (exact) mass is 312 g/mol. The molecule has 1 aromatic rings. The molecule has 0 bridgehead atoms. The van der Waals surface area contributed by atoms with Gasteiger partial charge in [0.05, 0.1) is 6.04 Å². The summed E-state index contributed by atoms with van der Waals surface area (Å²) in [5, 5.41) is 6.19. The van der Waals surface area contributed by atoms with E-state index in [1.54, 1.807) is 0 Å². The average molecular weight is 313 g/mol. The lowest BCUT2D eigenvalue weighted by Gasteiger charge is -2.20. The van der Waals surface area contributed by atoms with Gasteiger partial charge in [-0.1, -0.05) is 35.0 Å². The average Bonchev–Trinajstić information content (AvgIpc) is 2.36. The van der Waals surface area contributed by atoms with Crippen LogP contribution in [0.15, 0.2) is 28.7 Å². The molecular weight excluding hydrogens is 292 g/mol. The van der Waals surface area contributed by atoms with Crippen molar-refractivity contribution in [3.63, 3.8) is 0 Å². The van der Waals surface area contributed by atoms with Crippen molar-refractivity contribution in [3.05, 3.63) is 34.3 Å². The molecule has 1 amide bonds. The van der Waals surface area contributed by atoms with Gasteiger partial charge in [0.25, 0.3) is 0 Å². The minimum absolute atomic E-state index is 0.0563. The zero-order valence-electron chi connectivity index (χ0n) is 11.2. The maximum Gasteiger partial charge on any atom is 0.236 e. The molecule has 0 aromatic heterocycles. The van der Waals surface area contributed by atoms with E-state index in [1.807, 2.05) is 26.0 Å². The highest BCUT2D eigenvalue weighted by Gasteiger charge is 2.15. The number of halogens is 1. The van der Waals surface area contributed by atoms with Gasteiger partial charge in [-0.25, -0.2) is 0 Å². The van der Waals surface area contributed by atoms with Gasteiger partial charge >= 0.3 is 0 Å². The fourth-order valence-corrected chi connectivity index (χ4v) is 1.96. The predicted molar refractivity (Wildman–Crippen MR) is 78.5 cm³/mol.